The highest BCUT2D eigenvalue weighted by molar-refractivity contribution is 5.95. The molecule has 0 saturated carbocycles. The monoisotopic (exact) mass is 251 g/mol. The Morgan fingerprint density at radius 2 is 2.11 bits per heavy atom. The second-order valence-corrected chi connectivity index (χ2v) is 4.51. The van der Waals surface area contributed by atoms with Crippen LogP contribution in [0.3, 0.4) is 0 Å². The van der Waals surface area contributed by atoms with Crippen LogP contribution < -0.4 is 5.73 Å². The Morgan fingerprint density at radius 3 is 2.61 bits per heavy atom. The Bertz CT molecular complexity index is 418. The van der Waals surface area contributed by atoms with Gasteiger partial charge in [0.2, 0.25) is 0 Å². The highest BCUT2D eigenvalue weighted by Gasteiger charge is 2.15. The van der Waals surface area contributed by atoms with Gasteiger partial charge in [-0.15, -0.1) is 0 Å². The minimum Gasteiger partial charge on any atom is -0.384 e. The van der Waals surface area contributed by atoms with Crippen LogP contribution in [0.5, 0.6) is 0 Å². The fraction of sp³-hybridized carbons (Fsp3) is 0.500. The Labute approximate surface area is 108 Å². The van der Waals surface area contributed by atoms with Crippen molar-refractivity contribution in [3.05, 3.63) is 35.1 Å². The van der Waals surface area contributed by atoms with Gasteiger partial charge in [-0.25, -0.2) is 4.39 Å². The highest BCUT2D eigenvalue weighted by Crippen LogP contribution is 2.16. The lowest BCUT2D eigenvalue weighted by Crippen LogP contribution is -2.32. The van der Waals surface area contributed by atoms with Crippen molar-refractivity contribution in [1.82, 2.24) is 4.90 Å². The van der Waals surface area contributed by atoms with Gasteiger partial charge in [-0.2, -0.15) is 0 Å². The predicted octanol–water partition coefficient (Wildman–Crippen LogP) is 2.73. The average Bonchev–Trinajstić information content (AvgIpc) is 2.36. The zero-order valence-corrected chi connectivity index (χ0v) is 11.3. The van der Waals surface area contributed by atoms with Gasteiger partial charge in [0, 0.05) is 18.2 Å². The first kappa shape index (κ1) is 14.6. The van der Waals surface area contributed by atoms with Crippen molar-refractivity contribution >= 4 is 5.84 Å². The van der Waals surface area contributed by atoms with E-state index in [0.29, 0.717) is 18.2 Å². The van der Waals surface area contributed by atoms with E-state index in [1.54, 1.807) is 18.2 Å². The van der Waals surface area contributed by atoms with Gasteiger partial charge in [0.1, 0.15) is 11.7 Å². The van der Waals surface area contributed by atoms with Crippen molar-refractivity contribution in [2.75, 3.05) is 6.54 Å². The standard InChI is InChI=1S/C14H22FN3/c1-4-10(3)18(5-2)9-11-7-6-8-12(13(11)15)14(16)17/h6-8,10H,4-5,9H2,1-3H3,(H3,16,17). The first-order valence-corrected chi connectivity index (χ1v) is 6.37. The number of hydrogen-bond donors (Lipinski definition) is 2. The van der Waals surface area contributed by atoms with Crippen LogP contribution >= 0.6 is 0 Å². The molecule has 3 N–H and O–H groups in total. The molecule has 0 aromatic heterocycles. The van der Waals surface area contributed by atoms with E-state index in [9.17, 15) is 4.39 Å². The van der Waals surface area contributed by atoms with E-state index in [-0.39, 0.29) is 17.2 Å². The lowest BCUT2D eigenvalue weighted by molar-refractivity contribution is 0.203. The second kappa shape index (κ2) is 6.50. The summed E-state index contributed by atoms with van der Waals surface area (Å²) in [4.78, 5) is 2.21. The van der Waals surface area contributed by atoms with Crippen molar-refractivity contribution in [2.45, 2.75) is 39.8 Å². The van der Waals surface area contributed by atoms with Crippen LogP contribution in [-0.4, -0.2) is 23.3 Å². The molecule has 18 heavy (non-hydrogen) atoms. The molecule has 3 nitrogen and oxygen atoms in total. The van der Waals surface area contributed by atoms with Gasteiger partial charge >= 0.3 is 0 Å². The van der Waals surface area contributed by atoms with Crippen LogP contribution in [0.4, 0.5) is 4.39 Å². The summed E-state index contributed by atoms with van der Waals surface area (Å²) in [6.45, 7) is 7.75. The summed E-state index contributed by atoms with van der Waals surface area (Å²) in [5.41, 5.74) is 6.15. The second-order valence-electron chi connectivity index (χ2n) is 4.51. The first-order valence-electron chi connectivity index (χ1n) is 6.37. The quantitative estimate of drug-likeness (QED) is 0.603. The van der Waals surface area contributed by atoms with E-state index in [1.165, 1.54) is 0 Å². The maximum Gasteiger partial charge on any atom is 0.138 e. The molecule has 0 aliphatic heterocycles. The molecule has 0 amide bonds. The van der Waals surface area contributed by atoms with Gasteiger partial charge < -0.3 is 5.73 Å². The lowest BCUT2D eigenvalue weighted by Gasteiger charge is -2.27. The number of amidine groups is 1. The van der Waals surface area contributed by atoms with Crippen molar-refractivity contribution < 1.29 is 4.39 Å². The fourth-order valence-electron chi connectivity index (χ4n) is 1.97. The number of hydrogen-bond acceptors (Lipinski definition) is 2. The Hall–Kier alpha value is -1.42. The van der Waals surface area contributed by atoms with E-state index in [4.69, 9.17) is 11.1 Å². The first-order chi connectivity index (χ1) is 8.51. The van der Waals surface area contributed by atoms with E-state index in [2.05, 4.69) is 25.7 Å². The zero-order valence-electron chi connectivity index (χ0n) is 11.3. The number of nitrogens with one attached hydrogen (secondary N) is 1. The summed E-state index contributed by atoms with van der Waals surface area (Å²) < 4.78 is 14.1. The van der Waals surface area contributed by atoms with Gasteiger partial charge in [-0.3, -0.25) is 10.3 Å². The molecule has 1 unspecified atom stereocenters. The molecule has 100 valence electrons. The lowest BCUT2D eigenvalue weighted by atomic mass is 10.1. The minimum atomic E-state index is -0.369. The van der Waals surface area contributed by atoms with Crippen molar-refractivity contribution in [3.63, 3.8) is 0 Å². The molecule has 0 aliphatic rings. The summed E-state index contributed by atoms with van der Waals surface area (Å²) in [6, 6.07) is 5.46. The summed E-state index contributed by atoms with van der Waals surface area (Å²) >= 11 is 0. The van der Waals surface area contributed by atoms with Crippen LogP contribution in [0.15, 0.2) is 18.2 Å². The molecule has 1 aromatic rings. The molecule has 0 fully saturated rings. The highest BCUT2D eigenvalue weighted by atomic mass is 19.1. The minimum absolute atomic E-state index is 0.188. The molecular formula is C14H22FN3. The van der Waals surface area contributed by atoms with Gasteiger partial charge in [-0.05, 0) is 26.0 Å². The Morgan fingerprint density at radius 1 is 1.44 bits per heavy atom. The Balaban J connectivity index is 2.96. The van der Waals surface area contributed by atoms with E-state index in [1.807, 2.05) is 0 Å². The third-order valence-corrected chi connectivity index (χ3v) is 3.36. The van der Waals surface area contributed by atoms with Crippen LogP contribution in [0, 0.1) is 11.2 Å². The summed E-state index contributed by atoms with van der Waals surface area (Å²) in [7, 11) is 0. The normalized spacial score (nSPS) is 12.7. The summed E-state index contributed by atoms with van der Waals surface area (Å²) in [5, 5.41) is 7.35. The van der Waals surface area contributed by atoms with Crippen LogP contribution in [0.1, 0.15) is 38.3 Å². The third kappa shape index (κ3) is 3.29. The fourth-order valence-corrected chi connectivity index (χ4v) is 1.97. The van der Waals surface area contributed by atoms with Crippen molar-refractivity contribution in [2.24, 2.45) is 5.73 Å². The Kier molecular flexibility index (Phi) is 5.28. The maximum atomic E-state index is 14.1. The predicted molar refractivity (Wildman–Crippen MR) is 73.3 cm³/mol. The smallest absolute Gasteiger partial charge is 0.138 e. The number of nitrogens with zero attached hydrogens (tertiary/aromatic N) is 1. The third-order valence-electron chi connectivity index (χ3n) is 3.36. The van der Waals surface area contributed by atoms with E-state index >= 15 is 0 Å². The molecule has 0 bridgehead atoms. The molecule has 1 atom stereocenters. The largest absolute Gasteiger partial charge is 0.384 e. The molecule has 0 saturated heterocycles. The number of nitrogens with two attached hydrogens (primary N) is 1. The van der Waals surface area contributed by atoms with Gasteiger partial charge in [0.15, 0.2) is 0 Å². The van der Waals surface area contributed by atoms with Gasteiger partial charge in [0.05, 0.1) is 5.56 Å². The number of nitrogen functional groups attached to an aromatic ring is 1. The molecule has 1 rings (SSSR count). The van der Waals surface area contributed by atoms with Crippen LogP contribution in [-0.2, 0) is 6.54 Å². The molecule has 0 aliphatic carbocycles. The summed E-state index contributed by atoms with van der Waals surface area (Å²) in [5.74, 6) is -0.590. The topological polar surface area (TPSA) is 53.1 Å². The van der Waals surface area contributed by atoms with Crippen LogP contribution in [0.25, 0.3) is 0 Å². The van der Waals surface area contributed by atoms with Crippen LogP contribution in [0.2, 0.25) is 0 Å². The molecule has 0 radical (unpaired) electrons. The number of benzene rings is 1. The molecular weight excluding hydrogens is 229 g/mol. The van der Waals surface area contributed by atoms with Crippen molar-refractivity contribution in [1.29, 1.82) is 5.41 Å². The van der Waals surface area contributed by atoms with Gasteiger partial charge in [-0.1, -0.05) is 26.0 Å². The van der Waals surface area contributed by atoms with Gasteiger partial charge in [0.25, 0.3) is 0 Å². The summed E-state index contributed by atoms with van der Waals surface area (Å²) in [6.07, 6.45) is 1.03. The number of rotatable bonds is 6. The SMILES string of the molecule is CCC(C)N(CC)Cc1cccc(C(=N)N)c1F. The van der Waals surface area contributed by atoms with E-state index < -0.39 is 0 Å². The molecule has 4 heteroatoms. The van der Waals surface area contributed by atoms with Crippen molar-refractivity contribution in [3.8, 4) is 0 Å². The maximum absolute atomic E-state index is 14.1. The van der Waals surface area contributed by atoms with E-state index in [0.717, 1.165) is 13.0 Å². The molecule has 1 aromatic carbocycles. The molecule has 0 heterocycles. The molecule has 0 spiro atoms. The average molecular weight is 251 g/mol. The number of halogens is 1. The zero-order chi connectivity index (χ0) is 13.7.